The predicted molar refractivity (Wildman–Crippen MR) is 104 cm³/mol. The molecule has 1 atom stereocenters. The molecule has 2 aromatic rings. The summed E-state index contributed by atoms with van der Waals surface area (Å²) in [5, 5.41) is 11.2. The highest BCUT2D eigenvalue weighted by atomic mass is 16.1. The van der Waals surface area contributed by atoms with Crippen molar-refractivity contribution < 1.29 is 4.79 Å². The first-order valence-electron chi connectivity index (χ1n) is 9.61. The van der Waals surface area contributed by atoms with Gasteiger partial charge < -0.3 is 10.6 Å². The van der Waals surface area contributed by atoms with E-state index in [2.05, 4.69) is 58.5 Å². The van der Waals surface area contributed by atoms with Crippen molar-refractivity contribution in [2.45, 2.75) is 59.0 Å². The lowest BCUT2D eigenvalue weighted by Crippen LogP contribution is -2.37. The van der Waals surface area contributed by atoms with Gasteiger partial charge in [-0.1, -0.05) is 29.8 Å². The number of aromatic nitrogens is 2. The van der Waals surface area contributed by atoms with Crippen LogP contribution in [0, 0.1) is 20.8 Å². The highest BCUT2D eigenvalue weighted by molar-refractivity contribution is 5.76. The average Bonchev–Trinajstić information content (AvgIpc) is 3.23. The lowest BCUT2D eigenvalue weighted by Gasteiger charge is -2.11. The molecule has 0 bridgehead atoms. The van der Waals surface area contributed by atoms with Crippen molar-refractivity contribution in [3.63, 3.8) is 0 Å². The van der Waals surface area contributed by atoms with Gasteiger partial charge in [-0.2, -0.15) is 5.10 Å². The topological polar surface area (TPSA) is 59.0 Å². The number of aryl methyl sites for hydroxylation is 2. The quantitative estimate of drug-likeness (QED) is 0.804. The van der Waals surface area contributed by atoms with E-state index in [1.54, 1.807) is 0 Å². The molecular formula is C21H30N4O. The molecule has 1 saturated heterocycles. The van der Waals surface area contributed by atoms with Crippen LogP contribution >= 0.6 is 0 Å². The zero-order valence-corrected chi connectivity index (χ0v) is 16.1. The molecule has 0 saturated carbocycles. The van der Waals surface area contributed by atoms with E-state index in [4.69, 9.17) is 0 Å². The molecule has 3 rings (SSSR count). The Labute approximate surface area is 156 Å². The summed E-state index contributed by atoms with van der Waals surface area (Å²) in [4.78, 5) is 12.2. The zero-order chi connectivity index (χ0) is 18.5. The summed E-state index contributed by atoms with van der Waals surface area (Å²) < 4.78 is 2.05. The Balaban J connectivity index is 1.55. The van der Waals surface area contributed by atoms with Gasteiger partial charge in [-0.05, 0) is 57.7 Å². The summed E-state index contributed by atoms with van der Waals surface area (Å²) in [6.45, 7) is 8.81. The fourth-order valence-corrected chi connectivity index (χ4v) is 3.61. The van der Waals surface area contributed by atoms with E-state index in [-0.39, 0.29) is 5.91 Å². The minimum absolute atomic E-state index is 0.129. The number of nitrogens with one attached hydrogen (secondary N) is 2. The Morgan fingerprint density at radius 1 is 1.27 bits per heavy atom. The van der Waals surface area contributed by atoms with Gasteiger partial charge in [0.1, 0.15) is 0 Å². The third kappa shape index (κ3) is 4.73. The smallest absolute Gasteiger partial charge is 0.220 e. The van der Waals surface area contributed by atoms with Crippen molar-refractivity contribution in [3.8, 4) is 0 Å². The number of amides is 1. The molecule has 1 fully saturated rings. The van der Waals surface area contributed by atoms with Crippen LogP contribution in [0.1, 0.15) is 47.3 Å². The van der Waals surface area contributed by atoms with Gasteiger partial charge in [0.05, 0.1) is 12.2 Å². The van der Waals surface area contributed by atoms with E-state index >= 15 is 0 Å². The van der Waals surface area contributed by atoms with Gasteiger partial charge in [0, 0.05) is 24.7 Å². The second kappa shape index (κ2) is 8.49. The molecule has 0 spiro atoms. The molecule has 1 aromatic heterocycles. The molecule has 1 unspecified atom stereocenters. The highest BCUT2D eigenvalue weighted by Gasteiger charge is 2.16. The first-order valence-corrected chi connectivity index (χ1v) is 9.61. The maximum atomic E-state index is 12.2. The summed E-state index contributed by atoms with van der Waals surface area (Å²) in [6.07, 6.45) is 3.63. The minimum atomic E-state index is 0.129. The molecule has 1 aliphatic heterocycles. The van der Waals surface area contributed by atoms with Gasteiger partial charge in [0.25, 0.3) is 0 Å². The lowest BCUT2D eigenvalue weighted by atomic mass is 10.1. The number of carbonyl (C=O) groups is 1. The van der Waals surface area contributed by atoms with Crippen LogP contribution in [0.25, 0.3) is 0 Å². The van der Waals surface area contributed by atoms with Gasteiger partial charge in [0.2, 0.25) is 5.91 Å². The van der Waals surface area contributed by atoms with Crippen LogP contribution < -0.4 is 10.6 Å². The van der Waals surface area contributed by atoms with E-state index in [9.17, 15) is 4.79 Å². The fourth-order valence-electron chi connectivity index (χ4n) is 3.61. The molecule has 2 heterocycles. The number of rotatable bonds is 7. The summed E-state index contributed by atoms with van der Waals surface area (Å²) >= 11 is 0. The Bertz CT molecular complexity index is 742. The predicted octanol–water partition coefficient (Wildman–Crippen LogP) is 2.66. The lowest BCUT2D eigenvalue weighted by molar-refractivity contribution is -0.121. The second-order valence-electron chi connectivity index (χ2n) is 7.39. The molecule has 26 heavy (non-hydrogen) atoms. The maximum Gasteiger partial charge on any atom is 0.220 e. The first kappa shape index (κ1) is 18.6. The summed E-state index contributed by atoms with van der Waals surface area (Å²) in [7, 11) is 0. The van der Waals surface area contributed by atoms with Crippen molar-refractivity contribution in [2.24, 2.45) is 0 Å². The van der Waals surface area contributed by atoms with Crippen LogP contribution in [-0.2, 0) is 17.8 Å². The molecule has 5 nitrogen and oxygen atoms in total. The molecule has 5 heteroatoms. The molecule has 2 N–H and O–H groups in total. The van der Waals surface area contributed by atoms with E-state index in [1.165, 1.54) is 23.1 Å². The van der Waals surface area contributed by atoms with Crippen LogP contribution in [0.15, 0.2) is 24.3 Å². The van der Waals surface area contributed by atoms with Crippen molar-refractivity contribution >= 4 is 5.91 Å². The number of hydrogen-bond acceptors (Lipinski definition) is 3. The molecule has 140 valence electrons. The molecule has 1 aliphatic rings. The van der Waals surface area contributed by atoms with E-state index < -0.39 is 0 Å². The number of benzene rings is 1. The second-order valence-corrected chi connectivity index (χ2v) is 7.39. The normalized spacial score (nSPS) is 16.8. The maximum absolute atomic E-state index is 12.2. The van der Waals surface area contributed by atoms with Gasteiger partial charge in [-0.25, -0.2) is 0 Å². The van der Waals surface area contributed by atoms with Crippen LogP contribution in [-0.4, -0.2) is 34.8 Å². The van der Waals surface area contributed by atoms with Gasteiger partial charge in [-0.3, -0.25) is 9.48 Å². The van der Waals surface area contributed by atoms with Crippen molar-refractivity contribution in [1.29, 1.82) is 0 Å². The minimum Gasteiger partial charge on any atom is -0.355 e. The van der Waals surface area contributed by atoms with E-state index in [1.807, 2.05) is 6.92 Å². The SMILES string of the molecule is Cc1ccc(Cn2nc(C)c(CCC(=O)NCC3CCCN3)c2C)cc1. The van der Waals surface area contributed by atoms with Crippen molar-refractivity contribution in [1.82, 2.24) is 20.4 Å². The number of nitrogens with zero attached hydrogens (tertiary/aromatic N) is 2. The van der Waals surface area contributed by atoms with Gasteiger partial charge >= 0.3 is 0 Å². The summed E-state index contributed by atoms with van der Waals surface area (Å²) in [6, 6.07) is 9.00. The Hall–Kier alpha value is -2.14. The largest absolute Gasteiger partial charge is 0.355 e. The molecule has 0 radical (unpaired) electrons. The van der Waals surface area contributed by atoms with Crippen LogP contribution in [0.3, 0.4) is 0 Å². The third-order valence-electron chi connectivity index (χ3n) is 5.29. The van der Waals surface area contributed by atoms with Gasteiger partial charge in [0.15, 0.2) is 0 Å². The zero-order valence-electron chi connectivity index (χ0n) is 16.1. The Kier molecular flexibility index (Phi) is 6.09. The van der Waals surface area contributed by atoms with Crippen LogP contribution in [0.4, 0.5) is 0 Å². The third-order valence-corrected chi connectivity index (χ3v) is 5.29. The Morgan fingerprint density at radius 3 is 2.73 bits per heavy atom. The number of hydrogen-bond donors (Lipinski definition) is 2. The van der Waals surface area contributed by atoms with E-state index in [0.29, 0.717) is 12.5 Å². The highest BCUT2D eigenvalue weighted by Crippen LogP contribution is 2.17. The molecule has 1 aromatic carbocycles. The Morgan fingerprint density at radius 2 is 2.04 bits per heavy atom. The molecule has 0 aliphatic carbocycles. The fraction of sp³-hybridized carbons (Fsp3) is 0.524. The van der Waals surface area contributed by atoms with Crippen LogP contribution in [0.5, 0.6) is 0 Å². The van der Waals surface area contributed by atoms with Crippen molar-refractivity contribution in [3.05, 3.63) is 52.3 Å². The monoisotopic (exact) mass is 354 g/mol. The molecular weight excluding hydrogens is 324 g/mol. The molecule has 1 amide bonds. The average molecular weight is 354 g/mol. The summed E-state index contributed by atoms with van der Waals surface area (Å²) in [5.41, 5.74) is 5.90. The summed E-state index contributed by atoms with van der Waals surface area (Å²) in [5.74, 6) is 0.129. The van der Waals surface area contributed by atoms with Crippen LogP contribution in [0.2, 0.25) is 0 Å². The van der Waals surface area contributed by atoms with Gasteiger partial charge in [-0.15, -0.1) is 0 Å². The van der Waals surface area contributed by atoms with E-state index in [0.717, 1.165) is 43.9 Å². The van der Waals surface area contributed by atoms with Crippen molar-refractivity contribution in [2.75, 3.05) is 13.1 Å². The first-order chi connectivity index (χ1) is 12.5. The standard InChI is InChI=1S/C21H30N4O/c1-15-6-8-18(9-7-15)14-25-17(3)20(16(2)24-25)10-11-21(26)23-13-19-5-4-12-22-19/h6-9,19,22H,4-5,10-14H2,1-3H3,(H,23,26). The number of carbonyl (C=O) groups excluding carboxylic acids is 1.